The van der Waals surface area contributed by atoms with Gasteiger partial charge in [-0.25, -0.2) is 0 Å². The fraction of sp³-hybridized carbons (Fsp3) is 1.00. The summed E-state index contributed by atoms with van der Waals surface area (Å²) in [7, 11) is 2.17. The third-order valence-corrected chi connectivity index (χ3v) is 5.09. The molecule has 3 heteroatoms. The zero-order chi connectivity index (χ0) is 17.7. The van der Waals surface area contributed by atoms with Gasteiger partial charge in [0.05, 0.1) is 0 Å². The average Bonchev–Trinajstić information content (AvgIpc) is 2.59. The number of hydrogen-bond donors (Lipinski definition) is 1. The van der Waals surface area contributed by atoms with Crippen molar-refractivity contribution in [1.29, 1.82) is 0 Å². The van der Waals surface area contributed by atoms with Crippen molar-refractivity contribution in [3.05, 3.63) is 0 Å². The van der Waals surface area contributed by atoms with Gasteiger partial charge in [-0.3, -0.25) is 0 Å². The van der Waals surface area contributed by atoms with E-state index in [1.54, 1.807) is 0 Å². The average molecular weight is 378 g/mol. The lowest BCUT2D eigenvalue weighted by Gasteiger charge is -2.15. The Balaban J connectivity index is 0. The van der Waals surface area contributed by atoms with Crippen molar-refractivity contribution >= 4 is 12.4 Å². The van der Waals surface area contributed by atoms with Gasteiger partial charge in [0.25, 0.3) is 0 Å². The second-order valence-corrected chi connectivity index (χ2v) is 7.68. The van der Waals surface area contributed by atoms with E-state index in [-0.39, 0.29) is 12.4 Å². The molecule has 0 aliphatic heterocycles. The number of rotatable bonds is 20. The van der Waals surface area contributed by atoms with Crippen molar-refractivity contribution in [1.82, 2.24) is 4.90 Å². The highest BCUT2D eigenvalue weighted by Gasteiger charge is 1.98. The lowest BCUT2D eigenvalue weighted by atomic mass is 10.0. The Morgan fingerprint density at radius 1 is 0.520 bits per heavy atom. The van der Waals surface area contributed by atoms with Gasteiger partial charge in [0.2, 0.25) is 0 Å². The van der Waals surface area contributed by atoms with E-state index in [0.717, 1.165) is 13.0 Å². The van der Waals surface area contributed by atoms with Crippen LogP contribution in [-0.2, 0) is 0 Å². The third kappa shape index (κ3) is 24.2. The topological polar surface area (TPSA) is 23.5 Å². The first-order valence-corrected chi connectivity index (χ1v) is 11.1. The van der Waals surface area contributed by atoms with Gasteiger partial charge in [-0.1, -0.05) is 103 Å². The normalized spacial score (nSPS) is 11.0. The molecule has 0 amide bonds. The Kier molecular flexibility index (Phi) is 26.6. The van der Waals surface area contributed by atoms with Crippen LogP contribution >= 0.6 is 12.4 Å². The van der Waals surface area contributed by atoms with Gasteiger partial charge in [-0.15, -0.1) is 12.4 Å². The summed E-state index contributed by atoms with van der Waals surface area (Å²) in [6.07, 6.45) is 23.8. The fourth-order valence-corrected chi connectivity index (χ4v) is 3.38. The number of aliphatic hydroxyl groups excluding tert-OH is 1. The van der Waals surface area contributed by atoms with Crippen molar-refractivity contribution < 1.29 is 5.11 Å². The van der Waals surface area contributed by atoms with E-state index in [1.807, 2.05) is 0 Å². The Hall–Kier alpha value is 0.210. The van der Waals surface area contributed by atoms with Crippen LogP contribution in [0.3, 0.4) is 0 Å². The predicted octanol–water partition coefficient (Wildman–Crippen LogP) is 6.98. The van der Waals surface area contributed by atoms with E-state index in [1.165, 1.54) is 109 Å². The van der Waals surface area contributed by atoms with Crippen molar-refractivity contribution in [3.63, 3.8) is 0 Å². The first-order valence-electron chi connectivity index (χ1n) is 11.1. The summed E-state index contributed by atoms with van der Waals surface area (Å²) in [5, 5.41) is 8.80. The van der Waals surface area contributed by atoms with Crippen molar-refractivity contribution in [2.45, 2.75) is 116 Å². The Morgan fingerprint density at radius 2 is 0.840 bits per heavy atom. The highest BCUT2D eigenvalue weighted by atomic mass is 35.5. The van der Waals surface area contributed by atoms with Crippen molar-refractivity contribution in [2.75, 3.05) is 26.7 Å². The summed E-state index contributed by atoms with van der Waals surface area (Å²) in [4.78, 5) is 2.35. The molecule has 0 aliphatic carbocycles. The van der Waals surface area contributed by atoms with E-state index < -0.39 is 0 Å². The van der Waals surface area contributed by atoms with Crippen LogP contribution < -0.4 is 0 Å². The molecule has 0 radical (unpaired) electrons. The molecule has 25 heavy (non-hydrogen) atoms. The van der Waals surface area contributed by atoms with Gasteiger partial charge in [-0.05, 0) is 26.4 Å². The molecule has 0 heterocycles. The van der Waals surface area contributed by atoms with E-state index in [2.05, 4.69) is 18.9 Å². The van der Waals surface area contributed by atoms with Crippen LogP contribution in [0.4, 0.5) is 0 Å². The first-order chi connectivity index (χ1) is 11.8. The maximum Gasteiger partial charge on any atom is 0.0443 e. The summed E-state index contributed by atoms with van der Waals surface area (Å²) < 4.78 is 0. The molecule has 0 unspecified atom stereocenters. The van der Waals surface area contributed by atoms with Crippen molar-refractivity contribution in [3.8, 4) is 0 Å². The van der Waals surface area contributed by atoms with E-state index in [0.29, 0.717) is 6.61 Å². The van der Waals surface area contributed by atoms with Crippen LogP contribution in [0.2, 0.25) is 0 Å². The number of nitrogens with zero attached hydrogens (tertiary/aromatic N) is 1. The largest absolute Gasteiger partial charge is 0.396 e. The minimum Gasteiger partial charge on any atom is -0.396 e. The van der Waals surface area contributed by atoms with Crippen LogP contribution in [0.15, 0.2) is 0 Å². The lowest BCUT2D eigenvalue weighted by Crippen LogP contribution is -2.21. The molecular weight excluding hydrogens is 330 g/mol. The molecule has 0 atom stereocenters. The summed E-state index contributed by atoms with van der Waals surface area (Å²) in [6.45, 7) is 4.84. The third-order valence-electron chi connectivity index (χ3n) is 5.09. The van der Waals surface area contributed by atoms with Gasteiger partial charge < -0.3 is 10.0 Å². The number of halogens is 1. The molecular formula is C22H48ClNO. The fourth-order valence-electron chi connectivity index (χ4n) is 3.38. The predicted molar refractivity (Wildman–Crippen MR) is 116 cm³/mol. The second-order valence-electron chi connectivity index (χ2n) is 7.68. The zero-order valence-electron chi connectivity index (χ0n) is 17.4. The quantitative estimate of drug-likeness (QED) is 0.231. The smallest absolute Gasteiger partial charge is 0.0443 e. The monoisotopic (exact) mass is 377 g/mol. The highest BCUT2D eigenvalue weighted by molar-refractivity contribution is 5.85. The number of hydrogen-bond acceptors (Lipinski definition) is 2. The molecule has 0 spiro atoms. The van der Waals surface area contributed by atoms with Gasteiger partial charge in [-0.2, -0.15) is 0 Å². The minimum atomic E-state index is 0. The molecule has 0 bridgehead atoms. The van der Waals surface area contributed by atoms with Gasteiger partial charge >= 0.3 is 0 Å². The van der Waals surface area contributed by atoms with Crippen molar-refractivity contribution in [2.24, 2.45) is 0 Å². The van der Waals surface area contributed by atoms with Crippen LogP contribution in [0.25, 0.3) is 0 Å². The minimum absolute atomic E-state index is 0. The molecule has 0 aliphatic rings. The van der Waals surface area contributed by atoms with Crippen LogP contribution in [0.1, 0.15) is 116 Å². The van der Waals surface area contributed by atoms with Crippen LogP contribution in [0, 0.1) is 0 Å². The molecule has 1 N–H and O–H groups in total. The Bertz CT molecular complexity index is 226. The molecule has 0 fully saturated rings. The van der Waals surface area contributed by atoms with Gasteiger partial charge in [0.1, 0.15) is 0 Å². The van der Waals surface area contributed by atoms with E-state index in [9.17, 15) is 0 Å². The highest BCUT2D eigenvalue weighted by Crippen LogP contribution is 2.13. The molecule has 0 saturated carbocycles. The molecule has 0 rings (SSSR count). The SMILES string of the molecule is CCCCCCCCCCCCCCCCCCN(C)CCCO.Cl. The summed E-state index contributed by atoms with van der Waals surface area (Å²) >= 11 is 0. The van der Waals surface area contributed by atoms with E-state index in [4.69, 9.17) is 5.11 Å². The Morgan fingerprint density at radius 3 is 1.20 bits per heavy atom. The Labute approximate surface area is 165 Å². The molecule has 0 aromatic rings. The standard InChI is InChI=1S/C22H47NO.ClH/c1-3-4-5-6-7-8-9-10-11-12-13-14-15-16-17-18-20-23(2)21-19-22-24;/h24H,3-22H2,1-2H3;1H. The zero-order valence-corrected chi connectivity index (χ0v) is 18.3. The number of unbranched alkanes of at least 4 members (excludes halogenated alkanes) is 15. The molecule has 0 aromatic heterocycles. The van der Waals surface area contributed by atoms with Gasteiger partial charge in [0.15, 0.2) is 0 Å². The maximum absolute atomic E-state index is 8.80. The van der Waals surface area contributed by atoms with Crippen LogP contribution in [0.5, 0.6) is 0 Å². The summed E-state index contributed by atoms with van der Waals surface area (Å²) in [6, 6.07) is 0. The number of aliphatic hydroxyl groups is 1. The summed E-state index contributed by atoms with van der Waals surface area (Å²) in [5.74, 6) is 0. The van der Waals surface area contributed by atoms with Gasteiger partial charge in [0, 0.05) is 13.2 Å². The van der Waals surface area contributed by atoms with Crippen LogP contribution in [-0.4, -0.2) is 36.8 Å². The van der Waals surface area contributed by atoms with E-state index >= 15 is 0 Å². The maximum atomic E-state index is 8.80. The molecule has 2 nitrogen and oxygen atoms in total. The molecule has 0 aromatic carbocycles. The second kappa shape index (κ2) is 24.2. The summed E-state index contributed by atoms with van der Waals surface area (Å²) in [5.41, 5.74) is 0. The molecule has 154 valence electrons. The first kappa shape index (κ1) is 27.4. The lowest BCUT2D eigenvalue weighted by molar-refractivity contribution is 0.245. The molecule has 0 saturated heterocycles.